The molecule has 0 radical (unpaired) electrons. The molecule has 0 aliphatic carbocycles. The Labute approximate surface area is 198 Å². The molecule has 3 heterocycles. The molecule has 3 rings (SSSR count). The normalized spacial score (nSPS) is 15.3. The summed E-state index contributed by atoms with van der Waals surface area (Å²) in [7, 11) is 1.51. The third-order valence-corrected chi connectivity index (χ3v) is 5.17. The van der Waals surface area contributed by atoms with Gasteiger partial charge in [-0.15, -0.1) is 0 Å². The molecule has 0 spiro atoms. The molecule has 0 aromatic carbocycles. The van der Waals surface area contributed by atoms with Crippen molar-refractivity contribution in [3.8, 4) is 17.0 Å². The van der Waals surface area contributed by atoms with Crippen molar-refractivity contribution in [2.24, 2.45) is 11.5 Å². The summed E-state index contributed by atoms with van der Waals surface area (Å²) in [5.74, 6) is -0.488. The smallest absolute Gasteiger partial charge is 0.430 e. The molecule has 34 heavy (non-hydrogen) atoms. The predicted molar refractivity (Wildman–Crippen MR) is 121 cm³/mol. The van der Waals surface area contributed by atoms with Crippen molar-refractivity contribution in [2.75, 3.05) is 43.6 Å². The molecule has 1 aliphatic rings. The maximum Gasteiger partial charge on any atom is 0.430 e. The van der Waals surface area contributed by atoms with Crippen molar-refractivity contribution >= 4 is 28.9 Å². The molecule has 0 atom stereocenters. The first-order valence-corrected chi connectivity index (χ1v) is 10.3. The van der Waals surface area contributed by atoms with Crippen molar-refractivity contribution in [1.82, 2.24) is 9.97 Å². The van der Waals surface area contributed by atoms with Gasteiger partial charge in [-0.1, -0.05) is 11.6 Å². The number of anilines is 2. The average Bonchev–Trinajstić information content (AvgIpc) is 2.83. The Kier molecular flexibility index (Phi) is 7.84. The number of alkyl halides is 3. The zero-order valence-corrected chi connectivity index (χ0v) is 18.8. The van der Waals surface area contributed by atoms with Gasteiger partial charge in [0.2, 0.25) is 5.88 Å². The van der Waals surface area contributed by atoms with E-state index in [1.807, 2.05) is 6.07 Å². The first kappa shape index (κ1) is 25.1. The summed E-state index contributed by atoms with van der Waals surface area (Å²) in [4.78, 5) is 22.9. The lowest BCUT2D eigenvalue weighted by Gasteiger charge is -2.29. The zero-order chi connectivity index (χ0) is 24.9. The van der Waals surface area contributed by atoms with Gasteiger partial charge in [-0.3, -0.25) is 4.79 Å². The molecule has 9 nitrogen and oxygen atoms in total. The molecule has 1 saturated heterocycles. The molecule has 1 aliphatic heterocycles. The van der Waals surface area contributed by atoms with Crippen molar-refractivity contribution in [3.63, 3.8) is 0 Å². The molecule has 182 valence electrons. The lowest BCUT2D eigenvalue weighted by atomic mass is 10.1. The summed E-state index contributed by atoms with van der Waals surface area (Å²) in [5, 5.41) is 2.57. The van der Waals surface area contributed by atoms with E-state index in [2.05, 4.69) is 20.2 Å². The monoisotopic (exact) mass is 498 g/mol. The van der Waals surface area contributed by atoms with E-state index < -0.39 is 23.4 Å². The van der Waals surface area contributed by atoms with Gasteiger partial charge in [0.15, 0.2) is 0 Å². The number of nitrogens with two attached hydrogens (primary N) is 2. The van der Waals surface area contributed by atoms with Crippen LogP contribution in [0.1, 0.15) is 0 Å². The van der Waals surface area contributed by atoms with Crippen LogP contribution in [0.3, 0.4) is 0 Å². The minimum absolute atomic E-state index is 0.133. The summed E-state index contributed by atoms with van der Waals surface area (Å²) in [6.07, 6.45) is -0.839. The number of hydrogen-bond donors (Lipinski definition) is 3. The van der Waals surface area contributed by atoms with Crippen molar-refractivity contribution in [3.05, 3.63) is 53.2 Å². The average molecular weight is 499 g/mol. The summed E-state index contributed by atoms with van der Waals surface area (Å²) >= 11 is 6.29. The number of morpholine rings is 1. The number of methoxy groups -OCH3 is 1. The standard InChI is InChI=1S/C21H22ClF3N6O3/c1-33-20-16(31-2-4-34-5-3-31)6-13(10-29-20)15-8-14(11-28-18(15)22)30-19(32)12(9-26)7-17(27)21(23,24)25/h6-11H,2-5,26-27H2,1H3,(H,30,32)/b12-9+,17-7-. The van der Waals surface area contributed by atoms with E-state index in [4.69, 9.17) is 32.5 Å². The van der Waals surface area contributed by atoms with E-state index in [0.717, 1.165) is 11.9 Å². The zero-order valence-electron chi connectivity index (χ0n) is 18.0. The van der Waals surface area contributed by atoms with Gasteiger partial charge in [0.25, 0.3) is 5.91 Å². The predicted octanol–water partition coefficient (Wildman–Crippen LogP) is 2.83. The quantitative estimate of drug-likeness (QED) is 0.315. The largest absolute Gasteiger partial charge is 0.480 e. The third-order valence-electron chi connectivity index (χ3n) is 4.87. The van der Waals surface area contributed by atoms with Crippen molar-refractivity contribution in [1.29, 1.82) is 0 Å². The van der Waals surface area contributed by atoms with Gasteiger partial charge in [0, 0.05) is 36.6 Å². The second-order valence-corrected chi connectivity index (χ2v) is 7.45. The second kappa shape index (κ2) is 10.6. The van der Waals surface area contributed by atoms with Gasteiger partial charge in [-0.25, -0.2) is 9.97 Å². The maximum absolute atomic E-state index is 12.7. The number of hydrogen-bond acceptors (Lipinski definition) is 8. The fourth-order valence-corrected chi connectivity index (χ4v) is 3.35. The van der Waals surface area contributed by atoms with E-state index in [1.165, 1.54) is 25.6 Å². The molecule has 2 aromatic heterocycles. The van der Waals surface area contributed by atoms with Gasteiger partial charge < -0.3 is 31.2 Å². The highest BCUT2D eigenvalue weighted by molar-refractivity contribution is 6.32. The Morgan fingerprint density at radius 1 is 1.26 bits per heavy atom. The lowest BCUT2D eigenvalue weighted by molar-refractivity contribution is -0.112. The second-order valence-electron chi connectivity index (χ2n) is 7.09. The van der Waals surface area contributed by atoms with Gasteiger partial charge >= 0.3 is 6.18 Å². The van der Waals surface area contributed by atoms with Crippen LogP contribution < -0.4 is 26.4 Å². The summed E-state index contributed by atoms with van der Waals surface area (Å²) in [6.45, 7) is 2.40. The molecule has 0 unspecified atom stereocenters. The third kappa shape index (κ3) is 5.88. The summed E-state index contributed by atoms with van der Waals surface area (Å²) in [5.41, 5.74) is 10.3. The molecule has 0 saturated carbocycles. The SMILES string of the molecule is COc1ncc(-c2cc(NC(=O)C(/C=C(\N)C(F)(F)F)=C/N)cnc2Cl)cc1N1CCOCC1. The Morgan fingerprint density at radius 3 is 2.59 bits per heavy atom. The molecule has 1 fully saturated rings. The molecule has 2 aromatic rings. The van der Waals surface area contributed by atoms with Crippen LogP contribution >= 0.6 is 11.6 Å². The molecule has 0 bridgehead atoms. The van der Waals surface area contributed by atoms with E-state index in [0.29, 0.717) is 49.4 Å². The molecule has 5 N–H and O–H groups in total. The van der Waals surface area contributed by atoms with Gasteiger partial charge in [-0.05, 0) is 18.2 Å². The fourth-order valence-electron chi connectivity index (χ4n) is 3.14. The number of ether oxygens (including phenoxy) is 2. The first-order chi connectivity index (χ1) is 16.1. The number of halogens is 4. The number of aromatic nitrogens is 2. The molecular formula is C21H22ClF3N6O3. The maximum atomic E-state index is 12.7. The van der Waals surface area contributed by atoms with E-state index in [1.54, 1.807) is 0 Å². The van der Waals surface area contributed by atoms with Gasteiger partial charge in [-0.2, -0.15) is 13.2 Å². The number of pyridine rings is 2. The first-order valence-electron chi connectivity index (χ1n) is 9.94. The fraction of sp³-hybridized carbons (Fsp3) is 0.286. The van der Waals surface area contributed by atoms with Crippen LogP contribution in [0.25, 0.3) is 11.1 Å². The number of amides is 1. The number of carbonyl (C=O) groups excluding carboxylic acids is 1. The van der Waals surface area contributed by atoms with Crippen molar-refractivity contribution < 1.29 is 27.4 Å². The summed E-state index contributed by atoms with van der Waals surface area (Å²) in [6, 6.07) is 3.34. The highest BCUT2D eigenvalue weighted by Crippen LogP contribution is 2.35. The van der Waals surface area contributed by atoms with E-state index in [9.17, 15) is 18.0 Å². The molecule has 13 heteroatoms. The lowest BCUT2D eigenvalue weighted by Crippen LogP contribution is -2.36. The molecular weight excluding hydrogens is 477 g/mol. The number of nitrogens with one attached hydrogen (secondary N) is 1. The van der Waals surface area contributed by atoms with Crippen LogP contribution in [0, 0.1) is 0 Å². The topological polar surface area (TPSA) is 129 Å². The Morgan fingerprint density at radius 2 is 1.97 bits per heavy atom. The molecule has 1 amide bonds. The van der Waals surface area contributed by atoms with Crippen LogP contribution in [-0.2, 0) is 9.53 Å². The number of rotatable bonds is 6. The number of nitrogens with zero attached hydrogens (tertiary/aromatic N) is 3. The Hall–Kier alpha value is -3.51. The van der Waals surface area contributed by atoms with Gasteiger partial charge in [0.1, 0.15) is 16.5 Å². The van der Waals surface area contributed by atoms with Crippen LogP contribution in [-0.4, -0.2) is 55.5 Å². The Balaban J connectivity index is 1.90. The van der Waals surface area contributed by atoms with E-state index in [-0.39, 0.29) is 10.8 Å². The number of allylic oxidation sites excluding steroid dienone is 1. The van der Waals surface area contributed by atoms with Crippen LogP contribution in [0.4, 0.5) is 24.5 Å². The van der Waals surface area contributed by atoms with Crippen LogP contribution in [0.5, 0.6) is 5.88 Å². The minimum Gasteiger partial charge on any atom is -0.480 e. The van der Waals surface area contributed by atoms with Crippen molar-refractivity contribution in [2.45, 2.75) is 6.18 Å². The van der Waals surface area contributed by atoms with Crippen LogP contribution in [0.15, 0.2) is 48.1 Å². The van der Waals surface area contributed by atoms with Crippen LogP contribution in [0.2, 0.25) is 5.15 Å². The minimum atomic E-state index is -4.80. The highest BCUT2D eigenvalue weighted by atomic mass is 35.5. The highest BCUT2D eigenvalue weighted by Gasteiger charge is 2.32. The van der Waals surface area contributed by atoms with E-state index >= 15 is 0 Å². The van der Waals surface area contributed by atoms with Gasteiger partial charge in [0.05, 0.1) is 37.8 Å². The Bertz CT molecular complexity index is 1120. The summed E-state index contributed by atoms with van der Waals surface area (Å²) < 4.78 is 48.9. The number of carbonyl (C=O) groups is 1.